The Morgan fingerprint density at radius 2 is 0.750 bits per heavy atom. The van der Waals surface area contributed by atoms with E-state index >= 15 is 0 Å². The molecule has 0 fully saturated rings. The third-order valence-electron chi connectivity index (χ3n) is 0. The molecule has 0 aliphatic rings. The molecule has 0 saturated carbocycles. The Bertz CT molecular complexity index is 6.00. The van der Waals surface area contributed by atoms with Gasteiger partial charge in [-0.1, -0.05) is 0 Å². The Morgan fingerprint density at radius 3 is 0.750 bits per heavy atom. The largest absolute Gasteiger partial charge is 0 e. The second kappa shape index (κ2) is 16.2. The van der Waals surface area contributed by atoms with Crippen LogP contribution in [0.25, 0.3) is 0 Å². The quantitative estimate of drug-likeness (QED) is 0.347. The van der Waals surface area contributed by atoms with Gasteiger partial charge in [0.15, 0.2) is 0 Å². The van der Waals surface area contributed by atoms with Gasteiger partial charge in [0.2, 0.25) is 0 Å². The van der Waals surface area contributed by atoms with E-state index in [1.165, 1.54) is 0 Å². The van der Waals surface area contributed by atoms with Crippen LogP contribution in [0.3, 0.4) is 0 Å². The molecule has 0 amide bonds. The number of rotatable bonds is 0. The Morgan fingerprint density at radius 1 is 0.750 bits per heavy atom. The van der Waals surface area contributed by atoms with Gasteiger partial charge in [0.1, 0.15) is 0 Å². The van der Waals surface area contributed by atoms with Gasteiger partial charge in [-0.05, 0) is 0 Å². The van der Waals surface area contributed by atoms with Gasteiger partial charge in [-0.25, -0.2) is 0 Å². The first-order valence-corrected chi connectivity index (χ1v) is 0. The molecule has 11 radical (unpaired) electrons. The molecule has 0 bridgehead atoms. The zero-order valence-electron chi connectivity index (χ0n) is 2.15. The fourth-order valence-corrected chi connectivity index (χ4v) is 0. The Kier molecular flexibility index (Phi) is 107. The van der Waals surface area contributed by atoms with Gasteiger partial charge in [-0.15, -0.1) is 0 Å². The summed E-state index contributed by atoms with van der Waals surface area (Å²) < 4.78 is 0. The maximum Gasteiger partial charge on any atom is 0 e. The SMILES string of the molecule is [Mg].[Nb].[Pb].[Pb]. The second-order valence-electron chi connectivity index (χ2n) is 0. The molecular weight excluding hydrogens is 532 g/mol. The fraction of sp³-hybridized carbons (Fsp3) is 0. The van der Waals surface area contributed by atoms with Gasteiger partial charge in [0, 0.05) is 100 Å². The van der Waals surface area contributed by atoms with Crippen molar-refractivity contribution >= 4 is 77.7 Å². The zero-order valence-corrected chi connectivity index (χ0v) is 13.5. The maximum atomic E-state index is 0. The molecular formula is MgNbPb2. The molecule has 4 heteroatoms. The summed E-state index contributed by atoms with van der Waals surface area (Å²) in [7, 11) is 0. The molecule has 0 aromatic rings. The Hall–Kier alpha value is 3.35. The standard InChI is InChI=1S/Mg.Nb.2Pb. The van der Waals surface area contributed by atoms with Crippen molar-refractivity contribution in [3.63, 3.8) is 0 Å². The van der Waals surface area contributed by atoms with Crippen LogP contribution in [0.4, 0.5) is 0 Å². The van der Waals surface area contributed by atoms with E-state index in [1.807, 2.05) is 0 Å². The van der Waals surface area contributed by atoms with Gasteiger partial charge in [-0.3, -0.25) is 0 Å². The minimum Gasteiger partial charge on any atom is 0 e. The van der Waals surface area contributed by atoms with E-state index < -0.39 is 0 Å². The van der Waals surface area contributed by atoms with E-state index in [0.717, 1.165) is 0 Å². The summed E-state index contributed by atoms with van der Waals surface area (Å²) in [6.45, 7) is 0. The van der Waals surface area contributed by atoms with E-state index in [2.05, 4.69) is 0 Å². The molecule has 0 aromatic heterocycles. The first-order chi connectivity index (χ1) is 0. The monoisotopic (exact) mass is 533 g/mol. The van der Waals surface area contributed by atoms with Crippen LogP contribution in [-0.2, 0) is 22.4 Å². The first-order valence-electron chi connectivity index (χ1n) is 0. The average Bonchev–Trinajstić information content (AvgIpc) is 0. The van der Waals surface area contributed by atoms with Crippen molar-refractivity contribution in [3.8, 4) is 0 Å². The van der Waals surface area contributed by atoms with Crippen molar-refractivity contribution in [3.05, 3.63) is 0 Å². The van der Waals surface area contributed by atoms with Gasteiger partial charge in [0.25, 0.3) is 0 Å². The molecule has 0 rings (SSSR count). The predicted octanol–water partition coefficient (Wildman–Crippen LogP) is -1.14. The summed E-state index contributed by atoms with van der Waals surface area (Å²) in [4.78, 5) is 0. The summed E-state index contributed by atoms with van der Waals surface area (Å²) in [5.74, 6) is 0. The summed E-state index contributed by atoms with van der Waals surface area (Å²) >= 11 is 0. The van der Waals surface area contributed by atoms with Crippen LogP contribution in [0, 0.1) is 0 Å². The molecule has 0 nitrogen and oxygen atoms in total. The maximum absolute atomic E-state index is 0. The van der Waals surface area contributed by atoms with E-state index in [1.54, 1.807) is 0 Å². The van der Waals surface area contributed by atoms with Crippen LogP contribution in [0.5, 0.6) is 0 Å². The molecule has 0 saturated heterocycles. The topological polar surface area (TPSA) is 0 Å². The first kappa shape index (κ1) is 26.4. The van der Waals surface area contributed by atoms with Gasteiger partial charge in [-0.2, -0.15) is 0 Å². The zero-order chi connectivity index (χ0) is 0. The van der Waals surface area contributed by atoms with E-state index in [4.69, 9.17) is 0 Å². The van der Waals surface area contributed by atoms with Crippen LogP contribution < -0.4 is 0 Å². The van der Waals surface area contributed by atoms with Crippen molar-refractivity contribution in [1.82, 2.24) is 0 Å². The van der Waals surface area contributed by atoms with Crippen molar-refractivity contribution in [1.29, 1.82) is 0 Å². The molecule has 4 heavy (non-hydrogen) atoms. The summed E-state index contributed by atoms with van der Waals surface area (Å²) in [5.41, 5.74) is 0. The second-order valence-corrected chi connectivity index (χ2v) is 0. The van der Waals surface area contributed by atoms with Gasteiger partial charge < -0.3 is 0 Å². The van der Waals surface area contributed by atoms with Crippen molar-refractivity contribution < 1.29 is 22.4 Å². The summed E-state index contributed by atoms with van der Waals surface area (Å²) in [6.07, 6.45) is 0. The van der Waals surface area contributed by atoms with E-state index in [-0.39, 0.29) is 100 Å². The van der Waals surface area contributed by atoms with Crippen LogP contribution in [-0.4, -0.2) is 77.7 Å². The molecule has 0 heterocycles. The third kappa shape index (κ3) is 9.02. The molecule has 0 N–H and O–H groups in total. The minimum atomic E-state index is 0. The molecule has 0 aliphatic heterocycles. The van der Waals surface area contributed by atoms with Crippen molar-refractivity contribution in [2.45, 2.75) is 0 Å². The molecule has 0 atom stereocenters. The Labute approximate surface area is 97.8 Å². The summed E-state index contributed by atoms with van der Waals surface area (Å²) in [6, 6.07) is 0. The van der Waals surface area contributed by atoms with Crippen LogP contribution in [0.15, 0.2) is 0 Å². The van der Waals surface area contributed by atoms with Crippen LogP contribution >= 0.6 is 0 Å². The minimum absolute atomic E-state index is 0. The molecule has 0 unspecified atom stereocenters. The third-order valence-corrected chi connectivity index (χ3v) is 0. The Balaban J connectivity index is 0. The molecule has 0 aromatic carbocycles. The molecule has 15 valence electrons. The fourth-order valence-electron chi connectivity index (χ4n) is 0. The number of hydrogen-bond donors (Lipinski definition) is 0. The van der Waals surface area contributed by atoms with Crippen LogP contribution in [0.2, 0.25) is 0 Å². The van der Waals surface area contributed by atoms with Gasteiger partial charge >= 0.3 is 0 Å². The van der Waals surface area contributed by atoms with Crippen molar-refractivity contribution in [2.24, 2.45) is 0 Å². The predicted molar refractivity (Wildman–Crippen MR) is 17.3 cm³/mol. The number of hydrogen-bond acceptors (Lipinski definition) is 0. The van der Waals surface area contributed by atoms with Crippen molar-refractivity contribution in [2.75, 3.05) is 0 Å². The van der Waals surface area contributed by atoms with E-state index in [9.17, 15) is 0 Å². The molecule has 0 aliphatic carbocycles. The average molecular weight is 532 g/mol. The smallest absolute Gasteiger partial charge is 0 e. The summed E-state index contributed by atoms with van der Waals surface area (Å²) in [5, 5.41) is 0. The van der Waals surface area contributed by atoms with Gasteiger partial charge in [0.05, 0.1) is 0 Å². The van der Waals surface area contributed by atoms with E-state index in [0.29, 0.717) is 0 Å². The molecule has 0 spiro atoms. The normalized spacial score (nSPS) is 0. The van der Waals surface area contributed by atoms with Crippen LogP contribution in [0.1, 0.15) is 0 Å².